The van der Waals surface area contributed by atoms with E-state index in [1.54, 1.807) is 0 Å². The summed E-state index contributed by atoms with van der Waals surface area (Å²) in [5, 5.41) is 0. The molecule has 0 heterocycles. The SMILES string of the molecule is FC(F)(F)C(F)(F)C(F)(F)C(F)(F)C(F)(F)C(F)(F)C(F)(F)C(F)(F)CCC(C[Si](Cl)(Cl)Cl)C(F)(F)C(F)(F)C(F)(F)C(F)(F)C(F)(F)C(F)(F)C(F)(F)C(F)(F)F. The van der Waals surface area contributed by atoms with Crippen molar-refractivity contribution < 1.29 is 149 Å². The van der Waals surface area contributed by atoms with E-state index in [1.165, 1.54) is 0 Å². The average molecular weight is 1030 g/mol. The normalized spacial score (nSPS) is 17.5. The molecular weight excluding hydrogens is 1020 g/mol. The van der Waals surface area contributed by atoms with Crippen LogP contribution < -0.4 is 0 Å². The zero-order valence-electron chi connectivity index (χ0n) is 25.2. The summed E-state index contributed by atoms with van der Waals surface area (Å²) in [4.78, 5) is 0. The fourth-order valence-corrected chi connectivity index (χ4v) is 6.53. The topological polar surface area (TPSA) is 0 Å². The molecule has 0 saturated heterocycles. The molecule has 0 nitrogen and oxygen atoms in total. The third-order valence-electron chi connectivity index (χ3n) is 7.33. The van der Waals surface area contributed by atoms with Crippen LogP contribution in [0.25, 0.3) is 0 Å². The summed E-state index contributed by atoms with van der Waals surface area (Å²) in [7, 11) is 0. The van der Waals surface area contributed by atoms with Crippen molar-refractivity contribution in [3.8, 4) is 0 Å². The minimum absolute atomic E-state index is 3.06. The third kappa shape index (κ3) is 7.86. The lowest BCUT2D eigenvalue weighted by Crippen LogP contribution is -2.75. The molecule has 0 aromatic rings. The van der Waals surface area contributed by atoms with Crippen molar-refractivity contribution in [1.29, 1.82) is 0 Å². The van der Waals surface area contributed by atoms with Gasteiger partial charge in [-0.1, -0.05) is 0 Å². The summed E-state index contributed by atoms with van der Waals surface area (Å²) in [5.74, 6) is -130. The van der Waals surface area contributed by atoms with Crippen LogP contribution in [0.1, 0.15) is 12.8 Å². The van der Waals surface area contributed by atoms with Crippen molar-refractivity contribution in [2.45, 2.75) is 114 Å². The highest BCUT2D eigenvalue weighted by Gasteiger charge is 2.97. The van der Waals surface area contributed by atoms with Gasteiger partial charge in [0.15, 0.2) is 0 Å². The Morgan fingerprint density at radius 2 is 0.500 bits per heavy atom. The Hall–Kier alpha value is -1.29. The first-order valence-corrected chi connectivity index (χ1v) is 18.0. The predicted molar refractivity (Wildman–Crippen MR) is 122 cm³/mol. The van der Waals surface area contributed by atoms with Gasteiger partial charge in [0.1, 0.15) is 0 Å². The summed E-state index contributed by atoms with van der Waals surface area (Å²) in [6.45, 7) is 0. The van der Waals surface area contributed by atoms with Gasteiger partial charge in [-0.05, 0) is 12.5 Å². The van der Waals surface area contributed by atoms with E-state index in [0.717, 1.165) is 0 Å². The Balaban J connectivity index is 7.48. The summed E-state index contributed by atoms with van der Waals surface area (Å²) in [6.07, 6.45) is -24.6. The van der Waals surface area contributed by atoms with Gasteiger partial charge in [0, 0.05) is 12.3 Å². The number of halogens is 37. The predicted octanol–water partition coefficient (Wildman–Crippen LogP) is 14.1. The smallest absolute Gasteiger partial charge is 0.200 e. The van der Waals surface area contributed by atoms with Crippen LogP contribution in [-0.2, 0) is 0 Å². The summed E-state index contributed by atoms with van der Waals surface area (Å²) < 4.78 is 460. The first-order chi connectivity index (χ1) is 24.3. The molecule has 0 N–H and O–H groups in total. The van der Waals surface area contributed by atoms with Gasteiger partial charge in [-0.25, -0.2) is 0 Å². The van der Waals surface area contributed by atoms with Crippen molar-refractivity contribution in [3.63, 3.8) is 0 Å². The molecule has 350 valence electrons. The van der Waals surface area contributed by atoms with Gasteiger partial charge in [-0.15, -0.1) is 33.2 Å². The molecule has 0 bridgehead atoms. The minimum atomic E-state index is -9.39. The molecular formula is C20H7Cl3F34Si. The summed E-state index contributed by atoms with van der Waals surface area (Å²) in [6, 6.07) is -8.85. The maximum Gasteiger partial charge on any atom is 0.460 e. The van der Waals surface area contributed by atoms with Gasteiger partial charge in [0.05, 0.1) is 0 Å². The molecule has 0 fully saturated rings. The Morgan fingerprint density at radius 3 is 0.724 bits per heavy atom. The van der Waals surface area contributed by atoms with Gasteiger partial charge in [0.2, 0.25) is 0 Å². The molecule has 0 aromatic heterocycles. The highest BCUT2D eigenvalue weighted by molar-refractivity contribution is 7.64. The zero-order chi connectivity index (χ0) is 48.2. The molecule has 0 rings (SSSR count). The van der Waals surface area contributed by atoms with Crippen LogP contribution >= 0.6 is 33.2 Å². The maximum absolute atomic E-state index is 14.8. The largest absolute Gasteiger partial charge is 0.460 e. The average Bonchev–Trinajstić information content (AvgIpc) is 2.96. The van der Waals surface area contributed by atoms with Crippen LogP contribution in [0.4, 0.5) is 149 Å². The van der Waals surface area contributed by atoms with Gasteiger partial charge >= 0.3 is 101 Å². The van der Waals surface area contributed by atoms with E-state index in [4.69, 9.17) is 33.2 Å². The van der Waals surface area contributed by atoms with Crippen LogP contribution in [0.15, 0.2) is 0 Å². The van der Waals surface area contributed by atoms with Gasteiger partial charge in [-0.2, -0.15) is 149 Å². The van der Waals surface area contributed by atoms with Crippen molar-refractivity contribution in [2.24, 2.45) is 5.92 Å². The van der Waals surface area contributed by atoms with E-state index in [2.05, 4.69) is 0 Å². The molecule has 1 atom stereocenters. The van der Waals surface area contributed by atoms with E-state index in [9.17, 15) is 149 Å². The Kier molecular flexibility index (Phi) is 14.3. The second-order valence-corrected chi connectivity index (χ2v) is 20.5. The summed E-state index contributed by atoms with van der Waals surface area (Å²) >= 11 is 14.5. The van der Waals surface area contributed by atoms with E-state index in [0.29, 0.717) is 0 Å². The first kappa shape index (κ1) is 56.7. The highest BCUT2D eigenvalue weighted by Crippen LogP contribution is 2.67. The van der Waals surface area contributed by atoms with Gasteiger partial charge in [-0.3, -0.25) is 0 Å². The standard InChI is InChI=1S/C20H7Cl3F34Si/c21-58(22,23)3-4(6(26,27)8(30,31)10(34,35)12(38,39)14(42,43)16(46,47)18(50,51)20(55,56)57)1-2-5(24,25)7(28,29)9(32,33)11(36,37)13(40,41)15(44,45)17(48,49)19(52,53)54/h4H,1-3H2. The highest BCUT2D eigenvalue weighted by atomic mass is 35.8. The van der Waals surface area contributed by atoms with E-state index in [1.807, 2.05) is 0 Å². The fourth-order valence-electron chi connectivity index (χ4n) is 3.83. The molecule has 1 unspecified atom stereocenters. The van der Waals surface area contributed by atoms with E-state index >= 15 is 0 Å². The molecule has 0 saturated carbocycles. The molecule has 0 aromatic carbocycles. The second-order valence-electron chi connectivity index (χ2n) is 11.3. The maximum atomic E-state index is 14.8. The van der Waals surface area contributed by atoms with Crippen LogP contribution in [0, 0.1) is 5.92 Å². The van der Waals surface area contributed by atoms with Crippen LogP contribution in [0.3, 0.4) is 0 Å². The lowest BCUT2D eigenvalue weighted by Gasteiger charge is -2.44. The quantitative estimate of drug-likeness (QED) is 0.0729. The summed E-state index contributed by atoms with van der Waals surface area (Å²) in [5.41, 5.74) is 0. The zero-order valence-corrected chi connectivity index (χ0v) is 28.5. The Bertz CT molecular complexity index is 1450. The molecule has 0 radical (unpaired) electrons. The van der Waals surface area contributed by atoms with Crippen LogP contribution in [-0.4, -0.2) is 101 Å². The number of hydrogen-bond acceptors (Lipinski definition) is 0. The lowest BCUT2D eigenvalue weighted by atomic mass is 9.82. The molecule has 0 aliphatic carbocycles. The molecule has 0 aliphatic heterocycles. The van der Waals surface area contributed by atoms with Crippen molar-refractivity contribution in [3.05, 3.63) is 0 Å². The first-order valence-electron chi connectivity index (χ1n) is 12.8. The van der Waals surface area contributed by atoms with Gasteiger partial charge in [0.25, 0.3) is 0 Å². The van der Waals surface area contributed by atoms with Crippen molar-refractivity contribution >= 4 is 39.2 Å². The number of alkyl halides is 34. The molecule has 0 amide bonds. The van der Waals surface area contributed by atoms with Crippen molar-refractivity contribution in [2.75, 3.05) is 0 Å². The Labute approximate surface area is 309 Å². The second kappa shape index (κ2) is 14.6. The minimum Gasteiger partial charge on any atom is -0.200 e. The molecule has 0 spiro atoms. The molecule has 0 aliphatic rings. The Morgan fingerprint density at radius 1 is 0.293 bits per heavy atom. The fraction of sp³-hybridized carbons (Fsp3) is 1.00. The molecule has 58 heavy (non-hydrogen) atoms. The van der Waals surface area contributed by atoms with E-state index < -0.39 is 126 Å². The van der Waals surface area contributed by atoms with E-state index in [-0.39, 0.29) is 0 Å². The van der Waals surface area contributed by atoms with Crippen LogP contribution in [0.5, 0.6) is 0 Å². The van der Waals surface area contributed by atoms with Gasteiger partial charge < -0.3 is 0 Å². The lowest BCUT2D eigenvalue weighted by molar-refractivity contribution is -0.464. The van der Waals surface area contributed by atoms with Crippen LogP contribution in [0.2, 0.25) is 6.04 Å². The van der Waals surface area contributed by atoms with Crippen molar-refractivity contribution in [1.82, 2.24) is 0 Å². The molecule has 38 heteroatoms. The number of hydrogen-bond donors (Lipinski definition) is 0. The third-order valence-corrected chi connectivity index (χ3v) is 9.68. The number of rotatable bonds is 18. The monoisotopic (exact) mass is 1030 g/mol.